The number of aromatic nitrogens is 1. The fourth-order valence-corrected chi connectivity index (χ4v) is 3.22. The van der Waals surface area contributed by atoms with E-state index in [0.29, 0.717) is 5.88 Å². The van der Waals surface area contributed by atoms with Crippen LogP contribution in [0.5, 0.6) is 5.75 Å². The molecule has 1 aromatic carbocycles. The highest BCUT2D eigenvalue weighted by Gasteiger charge is 2.18. The van der Waals surface area contributed by atoms with E-state index in [4.69, 9.17) is 15.0 Å². The van der Waals surface area contributed by atoms with Crippen molar-refractivity contribution in [2.45, 2.75) is 18.9 Å². The number of hydrogen-bond acceptors (Lipinski definition) is 5. The predicted octanol–water partition coefficient (Wildman–Crippen LogP) is 3.20. The number of benzene rings is 1. The van der Waals surface area contributed by atoms with Gasteiger partial charge >= 0.3 is 0 Å². The standard InChI is InChI=1S/C14H16N2O2S/c15-14-8-12(16-18-14)11-5-1-2-6-13(11)17-10-4-3-7-19-9-10/h1-2,5-6,8,10H,3-4,7,9,15H2. The van der Waals surface area contributed by atoms with E-state index in [1.54, 1.807) is 6.07 Å². The summed E-state index contributed by atoms with van der Waals surface area (Å²) in [6.07, 6.45) is 2.61. The molecule has 1 aliphatic rings. The Kier molecular flexibility index (Phi) is 3.64. The van der Waals surface area contributed by atoms with Crippen molar-refractivity contribution in [3.8, 4) is 17.0 Å². The molecule has 1 fully saturated rings. The van der Waals surface area contributed by atoms with Gasteiger partial charge in [-0.2, -0.15) is 11.8 Å². The average Bonchev–Trinajstić information content (AvgIpc) is 2.87. The van der Waals surface area contributed by atoms with E-state index in [-0.39, 0.29) is 6.10 Å². The van der Waals surface area contributed by atoms with Gasteiger partial charge in [0.25, 0.3) is 0 Å². The second kappa shape index (κ2) is 5.57. The summed E-state index contributed by atoms with van der Waals surface area (Å²) in [6.45, 7) is 0. The molecule has 2 N–H and O–H groups in total. The van der Waals surface area contributed by atoms with Gasteiger partial charge in [-0.15, -0.1) is 0 Å². The fraction of sp³-hybridized carbons (Fsp3) is 0.357. The van der Waals surface area contributed by atoms with E-state index >= 15 is 0 Å². The number of nitrogens with two attached hydrogens (primary N) is 1. The van der Waals surface area contributed by atoms with Crippen LogP contribution in [0.15, 0.2) is 34.9 Å². The molecule has 1 atom stereocenters. The van der Waals surface area contributed by atoms with Gasteiger partial charge in [-0.3, -0.25) is 0 Å². The van der Waals surface area contributed by atoms with Gasteiger partial charge in [-0.25, -0.2) is 0 Å². The van der Waals surface area contributed by atoms with Crippen LogP contribution in [0.1, 0.15) is 12.8 Å². The van der Waals surface area contributed by atoms with Gasteiger partial charge in [0.05, 0.1) is 0 Å². The minimum Gasteiger partial charge on any atom is -0.489 e. The van der Waals surface area contributed by atoms with Crippen LogP contribution in [-0.4, -0.2) is 22.8 Å². The summed E-state index contributed by atoms with van der Waals surface area (Å²) in [5.41, 5.74) is 7.23. The van der Waals surface area contributed by atoms with Crippen LogP contribution in [0.3, 0.4) is 0 Å². The zero-order valence-corrected chi connectivity index (χ0v) is 11.4. The second-order valence-corrected chi connectivity index (χ2v) is 5.72. The smallest absolute Gasteiger partial charge is 0.222 e. The van der Waals surface area contributed by atoms with E-state index in [1.807, 2.05) is 36.0 Å². The SMILES string of the molecule is Nc1cc(-c2ccccc2OC2CCCSC2)no1. The highest BCUT2D eigenvalue weighted by atomic mass is 32.2. The lowest BCUT2D eigenvalue weighted by atomic mass is 10.1. The van der Waals surface area contributed by atoms with E-state index < -0.39 is 0 Å². The average molecular weight is 276 g/mol. The Morgan fingerprint density at radius 1 is 1.37 bits per heavy atom. The van der Waals surface area contributed by atoms with Crippen LogP contribution < -0.4 is 10.5 Å². The van der Waals surface area contributed by atoms with Crippen LogP contribution in [0.25, 0.3) is 11.3 Å². The first kappa shape index (κ1) is 12.4. The molecule has 0 spiro atoms. The van der Waals surface area contributed by atoms with Crippen molar-refractivity contribution in [3.05, 3.63) is 30.3 Å². The molecule has 0 radical (unpaired) electrons. The van der Waals surface area contributed by atoms with E-state index in [1.165, 1.54) is 12.2 Å². The van der Waals surface area contributed by atoms with Crippen molar-refractivity contribution in [2.75, 3.05) is 17.2 Å². The summed E-state index contributed by atoms with van der Waals surface area (Å²) in [5, 5.41) is 3.95. The van der Waals surface area contributed by atoms with Crippen molar-refractivity contribution in [3.63, 3.8) is 0 Å². The second-order valence-electron chi connectivity index (χ2n) is 4.57. The van der Waals surface area contributed by atoms with Crippen molar-refractivity contribution in [1.82, 2.24) is 5.16 Å². The van der Waals surface area contributed by atoms with Gasteiger partial charge in [-0.05, 0) is 30.7 Å². The lowest BCUT2D eigenvalue weighted by Gasteiger charge is -2.23. The number of ether oxygens (including phenoxy) is 1. The highest BCUT2D eigenvalue weighted by molar-refractivity contribution is 7.99. The third-order valence-corrected chi connectivity index (χ3v) is 4.29. The normalized spacial score (nSPS) is 19.3. The number of nitrogen functional groups attached to an aromatic ring is 1. The van der Waals surface area contributed by atoms with Crippen LogP contribution in [0.2, 0.25) is 0 Å². The number of anilines is 1. The third-order valence-electron chi connectivity index (χ3n) is 3.10. The van der Waals surface area contributed by atoms with Crippen molar-refractivity contribution >= 4 is 17.6 Å². The Bertz CT molecular complexity index is 550. The maximum atomic E-state index is 6.11. The van der Waals surface area contributed by atoms with E-state index in [0.717, 1.165) is 29.2 Å². The van der Waals surface area contributed by atoms with Gasteiger partial charge in [0, 0.05) is 17.4 Å². The molecule has 3 rings (SSSR count). The summed E-state index contributed by atoms with van der Waals surface area (Å²) in [7, 11) is 0. The molecule has 100 valence electrons. The first-order valence-corrected chi connectivity index (χ1v) is 7.54. The largest absolute Gasteiger partial charge is 0.489 e. The van der Waals surface area contributed by atoms with E-state index in [2.05, 4.69) is 5.16 Å². The first-order valence-electron chi connectivity index (χ1n) is 6.39. The summed E-state index contributed by atoms with van der Waals surface area (Å²) in [5.74, 6) is 3.46. The Morgan fingerprint density at radius 2 is 2.26 bits per heavy atom. The van der Waals surface area contributed by atoms with Crippen LogP contribution in [-0.2, 0) is 0 Å². The third kappa shape index (κ3) is 2.87. The quantitative estimate of drug-likeness (QED) is 0.932. The molecule has 0 saturated carbocycles. The van der Waals surface area contributed by atoms with Crippen LogP contribution in [0.4, 0.5) is 5.88 Å². The molecule has 4 nitrogen and oxygen atoms in total. The molecule has 2 heterocycles. The Hall–Kier alpha value is -1.62. The summed E-state index contributed by atoms with van der Waals surface area (Å²) >= 11 is 1.95. The zero-order chi connectivity index (χ0) is 13.1. The van der Waals surface area contributed by atoms with Gasteiger partial charge in [-0.1, -0.05) is 17.3 Å². The topological polar surface area (TPSA) is 61.3 Å². The van der Waals surface area contributed by atoms with Crippen molar-refractivity contribution < 1.29 is 9.26 Å². The molecule has 0 amide bonds. The molecule has 0 aliphatic carbocycles. The molecular formula is C14H16N2O2S. The minimum atomic E-state index is 0.282. The molecule has 1 saturated heterocycles. The molecule has 2 aromatic rings. The summed E-state index contributed by atoms with van der Waals surface area (Å²) < 4.78 is 11.0. The number of hydrogen-bond donors (Lipinski definition) is 1. The number of thioether (sulfide) groups is 1. The maximum Gasteiger partial charge on any atom is 0.222 e. The molecule has 1 aromatic heterocycles. The number of nitrogens with zero attached hydrogens (tertiary/aromatic N) is 1. The Labute approximate surface area is 116 Å². The monoisotopic (exact) mass is 276 g/mol. The van der Waals surface area contributed by atoms with Gasteiger partial charge < -0.3 is 15.0 Å². The summed E-state index contributed by atoms with van der Waals surface area (Å²) in [4.78, 5) is 0. The fourth-order valence-electron chi connectivity index (χ4n) is 2.18. The molecule has 19 heavy (non-hydrogen) atoms. The first-order chi connectivity index (χ1) is 9.33. The lowest BCUT2D eigenvalue weighted by molar-refractivity contribution is 0.212. The Balaban J connectivity index is 1.84. The van der Waals surface area contributed by atoms with Gasteiger partial charge in [0.15, 0.2) is 0 Å². The molecule has 0 bridgehead atoms. The molecule has 1 unspecified atom stereocenters. The number of para-hydroxylation sites is 1. The highest BCUT2D eigenvalue weighted by Crippen LogP contribution is 2.32. The number of rotatable bonds is 3. The zero-order valence-electron chi connectivity index (χ0n) is 10.5. The molecule has 1 aliphatic heterocycles. The predicted molar refractivity (Wildman–Crippen MR) is 77.3 cm³/mol. The van der Waals surface area contributed by atoms with Crippen LogP contribution in [0, 0.1) is 0 Å². The Morgan fingerprint density at radius 3 is 3.00 bits per heavy atom. The molecular weight excluding hydrogens is 260 g/mol. The van der Waals surface area contributed by atoms with Crippen LogP contribution >= 0.6 is 11.8 Å². The lowest BCUT2D eigenvalue weighted by Crippen LogP contribution is -2.23. The summed E-state index contributed by atoms with van der Waals surface area (Å²) in [6, 6.07) is 9.60. The van der Waals surface area contributed by atoms with Gasteiger partial charge in [0.1, 0.15) is 17.5 Å². The van der Waals surface area contributed by atoms with Gasteiger partial charge in [0.2, 0.25) is 5.88 Å². The minimum absolute atomic E-state index is 0.282. The van der Waals surface area contributed by atoms with Crippen molar-refractivity contribution in [1.29, 1.82) is 0 Å². The van der Waals surface area contributed by atoms with Crippen molar-refractivity contribution in [2.24, 2.45) is 0 Å². The maximum absolute atomic E-state index is 6.11. The molecule has 5 heteroatoms. The van der Waals surface area contributed by atoms with E-state index in [9.17, 15) is 0 Å².